The molecule has 0 saturated heterocycles. The summed E-state index contributed by atoms with van der Waals surface area (Å²) in [5.74, 6) is -0.240. The van der Waals surface area contributed by atoms with E-state index in [2.05, 4.69) is 20.3 Å². The van der Waals surface area contributed by atoms with E-state index in [0.717, 1.165) is 12.8 Å². The minimum Gasteiger partial charge on any atom is -0.490 e. The average Bonchev–Trinajstić information content (AvgIpc) is 3.78. The Kier molecular flexibility index (Phi) is 3.68. The van der Waals surface area contributed by atoms with E-state index in [4.69, 9.17) is 26.5 Å². The van der Waals surface area contributed by atoms with Gasteiger partial charge in [-0.05, 0) is 51.4 Å². The molecule has 3 aromatic heterocycles. The van der Waals surface area contributed by atoms with Crippen LogP contribution in [0.25, 0.3) is 22.2 Å². The minimum absolute atomic E-state index is 0.0363. The van der Waals surface area contributed by atoms with Crippen LogP contribution in [-0.2, 0) is 9.53 Å². The molecule has 0 aromatic carbocycles. The number of hydrogen-bond acceptors (Lipinski definition) is 7. The molecule has 3 aromatic rings. The van der Waals surface area contributed by atoms with E-state index in [1.165, 1.54) is 6.20 Å². The fraction of sp³-hybridized carbons (Fsp3) is 0.458. The van der Waals surface area contributed by atoms with Crippen molar-refractivity contribution in [3.05, 3.63) is 30.6 Å². The summed E-state index contributed by atoms with van der Waals surface area (Å²) in [7, 11) is -2.73. The third-order valence-electron chi connectivity index (χ3n) is 5.57. The highest BCUT2D eigenvalue weighted by molar-refractivity contribution is 5.99. The van der Waals surface area contributed by atoms with Gasteiger partial charge in [0, 0.05) is 38.1 Å². The number of aromatic nitrogens is 3. The van der Waals surface area contributed by atoms with Gasteiger partial charge in [0.15, 0.2) is 0 Å². The molecule has 174 valence electrons. The zero-order valence-corrected chi connectivity index (χ0v) is 17.6. The Morgan fingerprint density at radius 2 is 2.24 bits per heavy atom. The standard InChI is InChI=1S/C24H29N5O4/c1-29(2)10-11-32-19-12-16(19)23(30)28-20-7-6-15-17(13-26-22(15)27-20)21-18(33-14-4-5-14)8-9-25-24(21)31-3/h6-9,13-14,16,19H,4-5,10-12H2,1-3H3,(H2,26,27,28,30)/i1D3,2D3,3D3. The number of amides is 1. The first-order valence-electron chi connectivity index (χ1n) is 15.1. The lowest BCUT2D eigenvalue weighted by atomic mass is 10.1. The van der Waals surface area contributed by atoms with Crippen molar-refractivity contribution in [3.8, 4) is 22.8 Å². The van der Waals surface area contributed by atoms with Gasteiger partial charge in [-0.3, -0.25) is 4.79 Å². The van der Waals surface area contributed by atoms with E-state index in [1.807, 2.05) is 0 Å². The molecule has 2 atom stereocenters. The largest absolute Gasteiger partial charge is 0.490 e. The molecular formula is C24H29N5O4. The van der Waals surface area contributed by atoms with Crippen molar-refractivity contribution in [2.24, 2.45) is 5.92 Å². The van der Waals surface area contributed by atoms with Crippen LogP contribution in [0.5, 0.6) is 11.6 Å². The highest BCUT2D eigenvalue weighted by Crippen LogP contribution is 2.42. The Morgan fingerprint density at radius 3 is 3.06 bits per heavy atom. The summed E-state index contributed by atoms with van der Waals surface area (Å²) in [6.45, 7) is -6.10. The summed E-state index contributed by atoms with van der Waals surface area (Å²) in [6, 6.07) is 4.97. The van der Waals surface area contributed by atoms with Crippen LogP contribution in [0.2, 0.25) is 0 Å². The number of methoxy groups -OCH3 is 1. The van der Waals surface area contributed by atoms with Gasteiger partial charge in [0.05, 0.1) is 41.4 Å². The van der Waals surface area contributed by atoms with Gasteiger partial charge in [-0.15, -0.1) is 0 Å². The number of likely N-dealkylation sites (N-methyl/N-ethyl adjacent to an activating group) is 1. The molecule has 33 heavy (non-hydrogen) atoms. The molecule has 2 saturated carbocycles. The summed E-state index contributed by atoms with van der Waals surface area (Å²) < 4.78 is 83.8. The van der Waals surface area contributed by atoms with Gasteiger partial charge < -0.3 is 29.4 Å². The number of rotatable bonds is 10. The first kappa shape index (κ1) is 13.5. The van der Waals surface area contributed by atoms with Crippen LogP contribution in [0.15, 0.2) is 30.6 Å². The van der Waals surface area contributed by atoms with Crippen LogP contribution >= 0.6 is 0 Å². The average molecular weight is 461 g/mol. The van der Waals surface area contributed by atoms with Crippen LogP contribution in [-0.4, -0.2) is 72.1 Å². The Bertz CT molecular complexity index is 1440. The number of pyridine rings is 2. The van der Waals surface area contributed by atoms with Crippen LogP contribution in [0.1, 0.15) is 31.6 Å². The second-order valence-corrected chi connectivity index (χ2v) is 8.10. The SMILES string of the molecule is [2H]C([2H])([2H])Oc1nccc(OC2CC2)c1-c1c[nH]c2nc(NC(=O)C3CC3OCCN(C([2H])([2H])[2H])C([2H])([2H])[2H])ccc12. The van der Waals surface area contributed by atoms with E-state index in [9.17, 15) is 4.79 Å². The number of hydrogen-bond donors (Lipinski definition) is 2. The van der Waals surface area contributed by atoms with Crippen LogP contribution in [0.3, 0.4) is 0 Å². The Morgan fingerprint density at radius 1 is 1.33 bits per heavy atom. The first-order valence-corrected chi connectivity index (χ1v) is 10.6. The highest BCUT2D eigenvalue weighted by atomic mass is 16.5. The number of anilines is 1. The number of ether oxygens (including phenoxy) is 3. The van der Waals surface area contributed by atoms with Gasteiger partial charge in [0.25, 0.3) is 0 Å². The van der Waals surface area contributed by atoms with E-state index in [0.29, 0.717) is 39.2 Å². The van der Waals surface area contributed by atoms with Gasteiger partial charge in [-0.2, -0.15) is 0 Å². The molecule has 2 aliphatic carbocycles. The maximum absolute atomic E-state index is 12.8. The quantitative estimate of drug-likeness (QED) is 0.479. The lowest BCUT2D eigenvalue weighted by molar-refractivity contribution is -0.118. The smallest absolute Gasteiger partial charge is 0.231 e. The molecule has 5 rings (SSSR count). The van der Waals surface area contributed by atoms with Gasteiger partial charge >= 0.3 is 0 Å². The zero-order valence-electron chi connectivity index (χ0n) is 26.6. The lowest BCUT2D eigenvalue weighted by Gasteiger charge is -2.13. The molecule has 2 unspecified atom stereocenters. The lowest BCUT2D eigenvalue weighted by Crippen LogP contribution is -2.21. The van der Waals surface area contributed by atoms with Crippen molar-refractivity contribution >= 4 is 22.8 Å². The summed E-state index contributed by atoms with van der Waals surface area (Å²) in [4.78, 5) is 24.8. The number of nitrogens with zero attached hydrogens (tertiary/aromatic N) is 3. The van der Waals surface area contributed by atoms with Gasteiger partial charge in [0.2, 0.25) is 11.8 Å². The maximum Gasteiger partial charge on any atom is 0.231 e. The van der Waals surface area contributed by atoms with Crippen molar-refractivity contribution in [1.82, 2.24) is 19.9 Å². The van der Waals surface area contributed by atoms with Crippen molar-refractivity contribution in [2.75, 3.05) is 39.5 Å². The Balaban J connectivity index is 1.26. The molecule has 9 heteroatoms. The number of fused-ring (bicyclic) bond motifs is 1. The molecule has 2 fully saturated rings. The molecular weight excluding hydrogens is 422 g/mol. The van der Waals surface area contributed by atoms with E-state index in [1.54, 1.807) is 24.4 Å². The van der Waals surface area contributed by atoms with E-state index >= 15 is 0 Å². The minimum atomic E-state index is -2.80. The fourth-order valence-corrected chi connectivity index (χ4v) is 3.64. The maximum atomic E-state index is 12.8. The van der Waals surface area contributed by atoms with Gasteiger partial charge in [-0.1, -0.05) is 0 Å². The molecule has 9 nitrogen and oxygen atoms in total. The molecule has 0 spiro atoms. The number of nitrogens with one attached hydrogen (secondary N) is 2. The monoisotopic (exact) mass is 460 g/mol. The number of H-pyrrole nitrogens is 1. The topological polar surface area (TPSA) is 102 Å². The predicted molar refractivity (Wildman–Crippen MR) is 125 cm³/mol. The Labute approximate surface area is 205 Å². The van der Waals surface area contributed by atoms with E-state index < -0.39 is 33.0 Å². The summed E-state index contributed by atoms with van der Waals surface area (Å²) in [5, 5.41) is 3.36. The zero-order chi connectivity index (χ0) is 30.4. The fourth-order valence-electron chi connectivity index (χ4n) is 3.64. The van der Waals surface area contributed by atoms with Crippen molar-refractivity contribution < 1.29 is 31.3 Å². The van der Waals surface area contributed by atoms with Crippen LogP contribution in [0.4, 0.5) is 5.82 Å². The second kappa shape index (κ2) is 8.99. The predicted octanol–water partition coefficient (Wildman–Crippen LogP) is 3.08. The number of carbonyl (C=O) groups excluding carboxylic acids is 1. The van der Waals surface area contributed by atoms with Crippen LogP contribution < -0.4 is 14.8 Å². The van der Waals surface area contributed by atoms with Crippen molar-refractivity contribution in [1.29, 1.82) is 0 Å². The van der Waals surface area contributed by atoms with E-state index in [-0.39, 0.29) is 36.9 Å². The summed E-state index contributed by atoms with van der Waals surface area (Å²) >= 11 is 0. The highest BCUT2D eigenvalue weighted by Gasteiger charge is 2.44. The molecule has 0 radical (unpaired) electrons. The molecule has 0 aliphatic heterocycles. The normalized spacial score (nSPS) is 24.8. The third-order valence-corrected chi connectivity index (χ3v) is 5.57. The first-order chi connectivity index (χ1) is 19.6. The molecule has 1 amide bonds. The summed E-state index contributed by atoms with van der Waals surface area (Å²) in [5.41, 5.74) is 1.36. The molecule has 0 bridgehead atoms. The summed E-state index contributed by atoms with van der Waals surface area (Å²) in [6.07, 6.45) is 4.83. The molecule has 3 heterocycles. The molecule has 2 aliphatic rings. The second-order valence-electron chi connectivity index (χ2n) is 8.10. The van der Waals surface area contributed by atoms with Gasteiger partial charge in [0.1, 0.15) is 17.2 Å². The third kappa shape index (κ3) is 4.79. The van der Waals surface area contributed by atoms with Gasteiger partial charge in [-0.25, -0.2) is 9.97 Å². The Hall–Kier alpha value is -3.17. The van der Waals surface area contributed by atoms with Crippen molar-refractivity contribution in [2.45, 2.75) is 31.5 Å². The molecule has 2 N–H and O–H groups in total. The number of carbonyl (C=O) groups is 1. The van der Waals surface area contributed by atoms with Crippen LogP contribution in [0, 0.1) is 5.92 Å². The van der Waals surface area contributed by atoms with Crippen molar-refractivity contribution in [3.63, 3.8) is 0 Å². The number of aromatic amines is 1.